The third-order valence-electron chi connectivity index (χ3n) is 2.85. The summed E-state index contributed by atoms with van der Waals surface area (Å²) in [5, 5.41) is 0. The molecule has 2 radical (unpaired) electrons. The topological polar surface area (TPSA) is 12.5 Å². The Morgan fingerprint density at radius 2 is 2.00 bits per heavy atom. The van der Waals surface area contributed by atoms with Crippen molar-refractivity contribution in [2.24, 2.45) is 5.92 Å². The molecule has 0 fully saturated rings. The Morgan fingerprint density at radius 1 is 1.36 bits per heavy atom. The molecule has 1 atom stereocenters. The van der Waals surface area contributed by atoms with Gasteiger partial charge in [0.2, 0.25) is 0 Å². The van der Waals surface area contributed by atoms with Crippen molar-refractivity contribution in [1.82, 2.24) is 0 Å². The van der Waals surface area contributed by atoms with E-state index >= 15 is 0 Å². The summed E-state index contributed by atoms with van der Waals surface area (Å²) >= 11 is 0. The first-order valence-corrected chi connectivity index (χ1v) is 4.86. The fraction of sp³-hybridized carbons (Fsp3) is 0.455. The van der Waals surface area contributed by atoms with E-state index in [9.17, 15) is 0 Å². The summed E-state index contributed by atoms with van der Waals surface area (Å²) < 4.78 is 5.77. The SMILES string of the molecule is [B]C1(C(C)C)Oc2ccccc2N1C. The van der Waals surface area contributed by atoms with E-state index in [2.05, 4.69) is 13.8 Å². The van der Waals surface area contributed by atoms with Crippen molar-refractivity contribution in [3.8, 4) is 5.75 Å². The molecular formula is C11H14BNO. The number of hydrogen-bond acceptors (Lipinski definition) is 2. The molecule has 72 valence electrons. The van der Waals surface area contributed by atoms with Crippen molar-refractivity contribution in [3.63, 3.8) is 0 Å². The van der Waals surface area contributed by atoms with Crippen LogP contribution in [-0.2, 0) is 0 Å². The van der Waals surface area contributed by atoms with Crippen molar-refractivity contribution in [2.45, 2.75) is 19.5 Å². The maximum atomic E-state index is 6.20. The summed E-state index contributed by atoms with van der Waals surface area (Å²) in [6.45, 7) is 4.12. The Kier molecular flexibility index (Phi) is 1.98. The third kappa shape index (κ3) is 1.12. The normalized spacial score (nSPS) is 25.0. The molecule has 0 bridgehead atoms. The van der Waals surface area contributed by atoms with Gasteiger partial charge in [0.25, 0.3) is 0 Å². The molecule has 0 saturated carbocycles. The van der Waals surface area contributed by atoms with E-state index in [1.54, 1.807) is 0 Å². The van der Waals surface area contributed by atoms with Crippen LogP contribution in [0.25, 0.3) is 0 Å². The predicted molar refractivity (Wildman–Crippen MR) is 58.8 cm³/mol. The van der Waals surface area contributed by atoms with Crippen LogP contribution in [-0.4, -0.2) is 20.5 Å². The molecule has 0 aromatic heterocycles. The van der Waals surface area contributed by atoms with Gasteiger partial charge in [0.05, 0.1) is 5.69 Å². The summed E-state index contributed by atoms with van der Waals surface area (Å²) in [4.78, 5) is 1.99. The summed E-state index contributed by atoms with van der Waals surface area (Å²) in [5.41, 5.74) is 0.354. The van der Waals surface area contributed by atoms with Gasteiger partial charge >= 0.3 is 0 Å². The second-order valence-corrected chi connectivity index (χ2v) is 4.04. The predicted octanol–water partition coefficient (Wildman–Crippen LogP) is 1.99. The van der Waals surface area contributed by atoms with E-state index in [0.29, 0.717) is 0 Å². The van der Waals surface area contributed by atoms with Gasteiger partial charge in [0.15, 0.2) is 7.85 Å². The van der Waals surface area contributed by atoms with Crippen LogP contribution in [0, 0.1) is 5.92 Å². The van der Waals surface area contributed by atoms with Gasteiger partial charge in [0, 0.05) is 13.0 Å². The Hall–Kier alpha value is -1.12. The molecule has 2 nitrogen and oxygen atoms in total. The summed E-state index contributed by atoms with van der Waals surface area (Å²) in [6, 6.07) is 7.92. The number of fused-ring (bicyclic) bond motifs is 1. The van der Waals surface area contributed by atoms with Crippen LogP contribution in [0.15, 0.2) is 24.3 Å². The van der Waals surface area contributed by atoms with Gasteiger partial charge in [-0.1, -0.05) is 26.0 Å². The minimum atomic E-state index is -0.705. The lowest BCUT2D eigenvalue weighted by Gasteiger charge is -2.37. The summed E-state index contributed by atoms with van der Waals surface area (Å²) in [6.07, 6.45) is 0. The van der Waals surface area contributed by atoms with Gasteiger partial charge in [-0.3, -0.25) is 0 Å². The number of benzene rings is 1. The fourth-order valence-electron chi connectivity index (χ4n) is 1.76. The lowest BCUT2D eigenvalue weighted by Crippen LogP contribution is -2.52. The highest BCUT2D eigenvalue weighted by Crippen LogP contribution is 2.42. The first-order valence-electron chi connectivity index (χ1n) is 4.86. The highest BCUT2D eigenvalue weighted by atomic mass is 16.5. The van der Waals surface area contributed by atoms with E-state index in [1.807, 2.05) is 36.2 Å². The number of nitrogens with zero attached hydrogens (tertiary/aromatic N) is 1. The molecule has 1 aliphatic rings. The third-order valence-corrected chi connectivity index (χ3v) is 2.85. The maximum absolute atomic E-state index is 6.20. The van der Waals surface area contributed by atoms with Crippen LogP contribution >= 0.6 is 0 Å². The quantitative estimate of drug-likeness (QED) is 0.623. The van der Waals surface area contributed by atoms with E-state index in [1.165, 1.54) is 0 Å². The molecule has 2 rings (SSSR count). The molecule has 0 saturated heterocycles. The van der Waals surface area contributed by atoms with E-state index in [4.69, 9.17) is 12.6 Å². The molecule has 14 heavy (non-hydrogen) atoms. The van der Waals surface area contributed by atoms with Crippen molar-refractivity contribution >= 4 is 13.5 Å². The van der Waals surface area contributed by atoms with Gasteiger partial charge < -0.3 is 9.64 Å². The lowest BCUT2D eigenvalue weighted by atomic mass is 9.80. The smallest absolute Gasteiger partial charge is 0.163 e. The number of anilines is 1. The van der Waals surface area contributed by atoms with Crippen LogP contribution in [0.5, 0.6) is 5.75 Å². The fourth-order valence-corrected chi connectivity index (χ4v) is 1.76. The number of rotatable bonds is 1. The molecule has 1 aliphatic heterocycles. The second kappa shape index (κ2) is 2.94. The highest BCUT2D eigenvalue weighted by molar-refractivity contribution is 6.17. The molecule has 0 N–H and O–H groups in total. The molecule has 1 aromatic rings. The number of ether oxygens (including phenoxy) is 1. The first kappa shape index (κ1) is 9.44. The van der Waals surface area contributed by atoms with Gasteiger partial charge in [-0.05, 0) is 12.1 Å². The second-order valence-electron chi connectivity index (χ2n) is 4.04. The molecular weight excluding hydrogens is 173 g/mol. The van der Waals surface area contributed by atoms with Crippen LogP contribution in [0.2, 0.25) is 0 Å². The minimum Gasteiger partial charge on any atom is -0.475 e. The standard InChI is InChI=1S/C11H14BNO/c1-8(2)11(12)13(3)9-6-4-5-7-10(9)14-11/h4-8H,1-3H3. The zero-order chi connectivity index (χ0) is 10.3. The molecule has 1 unspecified atom stereocenters. The van der Waals surface area contributed by atoms with Crippen molar-refractivity contribution in [3.05, 3.63) is 24.3 Å². The average Bonchev–Trinajstić information content (AvgIpc) is 2.42. The van der Waals surface area contributed by atoms with Crippen molar-refractivity contribution in [1.29, 1.82) is 0 Å². The zero-order valence-electron chi connectivity index (χ0n) is 8.82. The van der Waals surface area contributed by atoms with E-state index in [-0.39, 0.29) is 5.92 Å². The Labute approximate surface area is 86.3 Å². The van der Waals surface area contributed by atoms with Crippen molar-refractivity contribution in [2.75, 3.05) is 11.9 Å². The zero-order valence-corrected chi connectivity index (χ0v) is 8.82. The average molecular weight is 187 g/mol. The van der Waals surface area contributed by atoms with Gasteiger partial charge in [-0.25, -0.2) is 0 Å². The van der Waals surface area contributed by atoms with Gasteiger partial charge in [-0.2, -0.15) is 0 Å². The van der Waals surface area contributed by atoms with E-state index in [0.717, 1.165) is 11.4 Å². The number of hydrogen-bond donors (Lipinski definition) is 0. The minimum absolute atomic E-state index is 0.236. The maximum Gasteiger partial charge on any atom is 0.163 e. The van der Waals surface area contributed by atoms with Crippen molar-refractivity contribution < 1.29 is 4.74 Å². The van der Waals surface area contributed by atoms with Gasteiger partial charge in [-0.15, -0.1) is 0 Å². The number of para-hydroxylation sites is 2. The Morgan fingerprint density at radius 3 is 2.57 bits per heavy atom. The Balaban J connectivity index is 2.43. The molecule has 1 aromatic carbocycles. The van der Waals surface area contributed by atoms with Gasteiger partial charge in [0.1, 0.15) is 11.4 Å². The molecule has 0 spiro atoms. The van der Waals surface area contributed by atoms with Crippen LogP contribution in [0.4, 0.5) is 5.69 Å². The van der Waals surface area contributed by atoms with Crippen LogP contribution < -0.4 is 9.64 Å². The monoisotopic (exact) mass is 187 g/mol. The molecule has 0 aliphatic carbocycles. The molecule has 0 amide bonds. The van der Waals surface area contributed by atoms with Crippen LogP contribution in [0.1, 0.15) is 13.8 Å². The lowest BCUT2D eigenvalue weighted by molar-refractivity contribution is 0.130. The molecule has 1 heterocycles. The largest absolute Gasteiger partial charge is 0.475 e. The van der Waals surface area contributed by atoms with E-state index < -0.39 is 5.62 Å². The first-order chi connectivity index (χ1) is 6.55. The highest BCUT2D eigenvalue weighted by Gasteiger charge is 2.41. The Bertz CT molecular complexity index is 353. The molecule has 3 heteroatoms. The van der Waals surface area contributed by atoms with Crippen LogP contribution in [0.3, 0.4) is 0 Å². The summed E-state index contributed by atoms with van der Waals surface area (Å²) in [7, 11) is 8.16. The summed E-state index contributed by atoms with van der Waals surface area (Å²) in [5.74, 6) is 1.10.